The number of methoxy groups -OCH3 is 1. The van der Waals surface area contributed by atoms with Gasteiger partial charge in [0.2, 0.25) is 5.88 Å². The number of nitrogens with zero attached hydrogens (tertiary/aromatic N) is 2. The predicted octanol–water partition coefficient (Wildman–Crippen LogP) is 4.04. The number of hydrogen-bond acceptors (Lipinski definition) is 7. The van der Waals surface area contributed by atoms with Crippen molar-refractivity contribution < 1.29 is 14.4 Å². The van der Waals surface area contributed by atoms with Gasteiger partial charge in [0.05, 0.1) is 22.8 Å². The van der Waals surface area contributed by atoms with E-state index in [4.69, 9.17) is 15.2 Å². The molecule has 2 aromatic carbocycles. The number of ether oxygens (including phenoxy) is 2. The maximum atomic E-state index is 11.4. The molecule has 27 heavy (non-hydrogen) atoms. The summed E-state index contributed by atoms with van der Waals surface area (Å²) < 4.78 is 11.8. The third-order valence-corrected chi connectivity index (χ3v) is 5.67. The van der Waals surface area contributed by atoms with Crippen molar-refractivity contribution >= 4 is 27.1 Å². The van der Waals surface area contributed by atoms with Gasteiger partial charge in [0, 0.05) is 16.2 Å². The number of benzene rings is 2. The Bertz CT molecular complexity index is 1160. The summed E-state index contributed by atoms with van der Waals surface area (Å²) in [6, 6.07) is 14.4. The summed E-state index contributed by atoms with van der Waals surface area (Å²) in [5, 5.41) is 22.0. The van der Waals surface area contributed by atoms with Crippen molar-refractivity contribution in [3.05, 3.63) is 74.5 Å². The molecule has 1 aliphatic heterocycles. The van der Waals surface area contributed by atoms with Crippen LogP contribution in [0.4, 0.5) is 5.69 Å². The molecule has 8 heteroatoms. The van der Waals surface area contributed by atoms with Crippen molar-refractivity contribution in [1.82, 2.24) is 0 Å². The van der Waals surface area contributed by atoms with Crippen molar-refractivity contribution in [1.29, 1.82) is 5.26 Å². The van der Waals surface area contributed by atoms with Crippen LogP contribution in [-0.4, -0.2) is 12.0 Å². The highest BCUT2D eigenvalue weighted by molar-refractivity contribution is 7.19. The van der Waals surface area contributed by atoms with Crippen LogP contribution in [0.25, 0.3) is 10.1 Å². The molecule has 0 radical (unpaired) electrons. The molecule has 0 saturated carbocycles. The maximum absolute atomic E-state index is 11.4. The van der Waals surface area contributed by atoms with Crippen LogP contribution < -0.4 is 15.2 Å². The highest BCUT2D eigenvalue weighted by atomic mass is 32.1. The minimum Gasteiger partial charge on any atom is -0.490 e. The molecule has 1 aromatic heterocycles. The van der Waals surface area contributed by atoms with E-state index in [2.05, 4.69) is 6.07 Å². The molecule has 1 atom stereocenters. The third-order valence-electron chi connectivity index (χ3n) is 4.46. The van der Waals surface area contributed by atoms with Crippen molar-refractivity contribution in [3.8, 4) is 17.6 Å². The summed E-state index contributed by atoms with van der Waals surface area (Å²) in [5.41, 5.74) is 6.66. The first-order valence-corrected chi connectivity index (χ1v) is 8.78. The Kier molecular flexibility index (Phi) is 3.94. The van der Waals surface area contributed by atoms with Crippen molar-refractivity contribution in [2.24, 2.45) is 5.73 Å². The van der Waals surface area contributed by atoms with E-state index in [0.29, 0.717) is 11.3 Å². The number of hydrogen-bond donors (Lipinski definition) is 1. The van der Waals surface area contributed by atoms with Gasteiger partial charge in [-0.25, -0.2) is 0 Å². The van der Waals surface area contributed by atoms with Gasteiger partial charge in [0.1, 0.15) is 11.6 Å². The minimum absolute atomic E-state index is 0.0111. The molecule has 0 spiro atoms. The number of nitriles is 1. The van der Waals surface area contributed by atoms with Crippen LogP contribution in [0.5, 0.6) is 11.5 Å². The van der Waals surface area contributed by atoms with Crippen LogP contribution in [0.15, 0.2) is 53.9 Å². The van der Waals surface area contributed by atoms with Gasteiger partial charge in [-0.05, 0) is 23.8 Å². The zero-order valence-corrected chi connectivity index (χ0v) is 14.9. The second-order valence-corrected chi connectivity index (χ2v) is 6.99. The molecule has 0 bridgehead atoms. The Morgan fingerprint density at radius 2 is 2.11 bits per heavy atom. The van der Waals surface area contributed by atoms with Crippen molar-refractivity contribution in [2.75, 3.05) is 7.11 Å². The Hall–Kier alpha value is -3.57. The number of rotatable bonds is 3. The Labute approximate surface area is 158 Å². The lowest BCUT2D eigenvalue weighted by Gasteiger charge is -2.23. The van der Waals surface area contributed by atoms with Gasteiger partial charge in [-0.15, -0.1) is 11.3 Å². The Balaban J connectivity index is 1.98. The van der Waals surface area contributed by atoms with Crippen LogP contribution in [0, 0.1) is 21.4 Å². The fourth-order valence-corrected chi connectivity index (χ4v) is 4.51. The molecule has 1 aliphatic rings. The highest BCUT2D eigenvalue weighted by Gasteiger charge is 2.35. The largest absolute Gasteiger partial charge is 0.490 e. The average molecular weight is 379 g/mol. The number of fused-ring (bicyclic) bond motifs is 3. The van der Waals surface area contributed by atoms with Gasteiger partial charge in [-0.1, -0.05) is 18.2 Å². The third kappa shape index (κ3) is 2.56. The number of nitrogens with two attached hydrogens (primary N) is 1. The lowest BCUT2D eigenvalue weighted by atomic mass is 9.88. The van der Waals surface area contributed by atoms with Gasteiger partial charge < -0.3 is 15.2 Å². The number of allylic oxidation sites excluding steroid dienone is 1. The predicted molar refractivity (Wildman–Crippen MR) is 101 cm³/mol. The molecule has 0 aliphatic carbocycles. The molecule has 3 aromatic rings. The molecule has 0 unspecified atom stereocenters. The van der Waals surface area contributed by atoms with E-state index in [-0.39, 0.29) is 22.9 Å². The summed E-state index contributed by atoms with van der Waals surface area (Å²) in [4.78, 5) is 11.7. The first-order valence-electron chi connectivity index (χ1n) is 7.96. The Morgan fingerprint density at radius 3 is 2.81 bits per heavy atom. The summed E-state index contributed by atoms with van der Waals surface area (Å²) in [6.07, 6.45) is 0. The topological polar surface area (TPSA) is 111 Å². The first-order chi connectivity index (χ1) is 13.0. The standard InChI is InChI=1S/C19H13N3O4S/c1-25-14-7-6-10(8-13(14)22(23)24)16-12(9-20)19(21)26-17-11-4-2-3-5-15(11)27-18(16)17/h2-8,16H,21H2,1H3/t16-/m0/s1. The summed E-state index contributed by atoms with van der Waals surface area (Å²) >= 11 is 1.48. The van der Waals surface area contributed by atoms with Gasteiger partial charge >= 0.3 is 5.69 Å². The fraction of sp³-hybridized carbons (Fsp3) is 0.105. The van der Waals surface area contributed by atoms with E-state index in [1.54, 1.807) is 6.07 Å². The van der Waals surface area contributed by atoms with Gasteiger partial charge in [0.15, 0.2) is 11.5 Å². The van der Waals surface area contributed by atoms with E-state index < -0.39 is 10.8 Å². The summed E-state index contributed by atoms with van der Waals surface area (Å²) in [7, 11) is 1.37. The van der Waals surface area contributed by atoms with Crippen LogP contribution in [0.2, 0.25) is 0 Å². The zero-order chi connectivity index (χ0) is 19.1. The molecule has 134 valence electrons. The number of thiophene rings is 1. The maximum Gasteiger partial charge on any atom is 0.311 e. The quantitative estimate of drug-likeness (QED) is 0.543. The average Bonchev–Trinajstić information content (AvgIpc) is 3.04. The minimum atomic E-state index is -0.541. The molecule has 7 nitrogen and oxygen atoms in total. The number of nitro groups is 1. The van der Waals surface area contributed by atoms with Gasteiger partial charge in [-0.3, -0.25) is 10.1 Å². The first kappa shape index (κ1) is 16.9. The fourth-order valence-electron chi connectivity index (χ4n) is 3.24. The molecule has 0 amide bonds. The Morgan fingerprint density at radius 1 is 1.33 bits per heavy atom. The van der Waals surface area contributed by atoms with E-state index in [0.717, 1.165) is 15.0 Å². The molecule has 4 rings (SSSR count). The normalized spacial score (nSPS) is 15.8. The van der Waals surface area contributed by atoms with E-state index in [1.165, 1.54) is 30.6 Å². The van der Waals surface area contributed by atoms with Crippen LogP contribution in [-0.2, 0) is 0 Å². The monoisotopic (exact) mass is 379 g/mol. The molecule has 2 N–H and O–H groups in total. The smallest absolute Gasteiger partial charge is 0.311 e. The summed E-state index contributed by atoms with van der Waals surface area (Å²) in [5.74, 6) is 0.219. The second kappa shape index (κ2) is 6.30. The van der Waals surface area contributed by atoms with Gasteiger partial charge in [-0.2, -0.15) is 5.26 Å². The second-order valence-electron chi connectivity index (χ2n) is 5.90. The van der Waals surface area contributed by atoms with Crippen LogP contribution in [0.1, 0.15) is 16.4 Å². The highest BCUT2D eigenvalue weighted by Crippen LogP contribution is 2.50. The lowest BCUT2D eigenvalue weighted by Crippen LogP contribution is -2.19. The van der Waals surface area contributed by atoms with Crippen molar-refractivity contribution in [3.63, 3.8) is 0 Å². The van der Waals surface area contributed by atoms with E-state index in [1.807, 2.05) is 24.3 Å². The SMILES string of the molecule is COc1ccc([C@H]2C(C#N)=C(N)Oc3c2sc2ccccc32)cc1[N+](=O)[O-]. The molecular formula is C19H13N3O4S. The lowest BCUT2D eigenvalue weighted by molar-refractivity contribution is -0.385. The molecule has 2 heterocycles. The molecule has 0 fully saturated rings. The van der Waals surface area contributed by atoms with E-state index in [9.17, 15) is 15.4 Å². The number of nitro benzene ring substituents is 1. The summed E-state index contributed by atoms with van der Waals surface area (Å²) in [6.45, 7) is 0. The zero-order valence-electron chi connectivity index (χ0n) is 14.1. The molecule has 0 saturated heterocycles. The van der Waals surface area contributed by atoms with Crippen LogP contribution >= 0.6 is 11.3 Å². The van der Waals surface area contributed by atoms with E-state index >= 15 is 0 Å². The van der Waals surface area contributed by atoms with Gasteiger partial charge in [0.25, 0.3) is 0 Å². The van der Waals surface area contributed by atoms with Crippen LogP contribution in [0.3, 0.4) is 0 Å². The molecular weight excluding hydrogens is 366 g/mol. The van der Waals surface area contributed by atoms with Crippen molar-refractivity contribution in [2.45, 2.75) is 5.92 Å².